The Morgan fingerprint density at radius 2 is 2.07 bits per heavy atom. The van der Waals surface area contributed by atoms with Gasteiger partial charge >= 0.3 is 6.09 Å². The lowest BCUT2D eigenvalue weighted by atomic mass is 10.1. The summed E-state index contributed by atoms with van der Waals surface area (Å²) in [4.78, 5) is 28.3. The SMILES string of the molecule is C[C@H](Cc1c[nH]c2c(O[C@H](C)C(=O)N3CCOCC3)cccc12)NC(=O)O. The van der Waals surface area contributed by atoms with Crippen molar-refractivity contribution in [3.05, 3.63) is 30.0 Å². The Morgan fingerprint density at radius 3 is 2.78 bits per heavy atom. The molecule has 8 nitrogen and oxygen atoms in total. The van der Waals surface area contributed by atoms with Gasteiger partial charge in [0, 0.05) is 30.7 Å². The van der Waals surface area contributed by atoms with Crippen molar-refractivity contribution in [2.75, 3.05) is 26.3 Å². The van der Waals surface area contributed by atoms with Crippen LogP contribution in [0.1, 0.15) is 19.4 Å². The molecular weight excluding hydrogens is 350 g/mol. The zero-order valence-electron chi connectivity index (χ0n) is 15.5. The third kappa shape index (κ3) is 4.51. The molecule has 0 bridgehead atoms. The maximum absolute atomic E-state index is 12.6. The second kappa shape index (κ2) is 8.30. The van der Waals surface area contributed by atoms with E-state index in [1.165, 1.54) is 0 Å². The summed E-state index contributed by atoms with van der Waals surface area (Å²) >= 11 is 0. The highest BCUT2D eigenvalue weighted by Crippen LogP contribution is 2.29. The number of amides is 2. The molecule has 0 spiro atoms. The summed E-state index contributed by atoms with van der Waals surface area (Å²) in [6.07, 6.45) is 0.763. The summed E-state index contributed by atoms with van der Waals surface area (Å²) in [7, 11) is 0. The van der Waals surface area contributed by atoms with E-state index in [-0.39, 0.29) is 11.9 Å². The minimum absolute atomic E-state index is 0.0543. The second-order valence-corrected chi connectivity index (χ2v) is 6.75. The maximum Gasteiger partial charge on any atom is 0.404 e. The topological polar surface area (TPSA) is 104 Å². The fraction of sp³-hybridized carbons (Fsp3) is 0.474. The van der Waals surface area contributed by atoms with E-state index in [4.69, 9.17) is 14.6 Å². The Labute approximate surface area is 157 Å². The highest BCUT2D eigenvalue weighted by atomic mass is 16.5. The number of hydrogen-bond donors (Lipinski definition) is 3. The molecular formula is C19H25N3O5. The summed E-state index contributed by atoms with van der Waals surface area (Å²) in [6, 6.07) is 5.43. The van der Waals surface area contributed by atoms with Gasteiger partial charge in [0.25, 0.3) is 5.91 Å². The average molecular weight is 375 g/mol. The lowest BCUT2D eigenvalue weighted by Gasteiger charge is -2.29. The Bertz CT molecular complexity index is 813. The van der Waals surface area contributed by atoms with E-state index in [0.29, 0.717) is 38.5 Å². The van der Waals surface area contributed by atoms with Crippen LogP contribution >= 0.6 is 0 Å². The average Bonchev–Trinajstić information content (AvgIpc) is 3.05. The summed E-state index contributed by atoms with van der Waals surface area (Å²) in [5.74, 6) is 0.549. The van der Waals surface area contributed by atoms with Crippen LogP contribution in [0.15, 0.2) is 24.4 Å². The third-order valence-corrected chi connectivity index (χ3v) is 4.63. The van der Waals surface area contributed by atoms with Crippen molar-refractivity contribution in [3.8, 4) is 5.75 Å². The maximum atomic E-state index is 12.6. The summed E-state index contributed by atoms with van der Waals surface area (Å²) in [6.45, 7) is 5.83. The van der Waals surface area contributed by atoms with Gasteiger partial charge in [-0.3, -0.25) is 4.79 Å². The van der Waals surface area contributed by atoms with Gasteiger partial charge in [0.05, 0.1) is 18.7 Å². The Morgan fingerprint density at radius 1 is 1.33 bits per heavy atom. The smallest absolute Gasteiger partial charge is 0.404 e. The molecule has 1 saturated heterocycles. The summed E-state index contributed by atoms with van der Waals surface area (Å²) < 4.78 is 11.2. The molecule has 1 aromatic heterocycles. The number of aromatic nitrogens is 1. The van der Waals surface area contributed by atoms with Gasteiger partial charge in [-0.25, -0.2) is 4.79 Å². The van der Waals surface area contributed by atoms with Gasteiger partial charge in [-0.15, -0.1) is 0 Å². The number of fused-ring (bicyclic) bond motifs is 1. The predicted molar refractivity (Wildman–Crippen MR) is 100 cm³/mol. The summed E-state index contributed by atoms with van der Waals surface area (Å²) in [5, 5.41) is 12.3. The number of H-pyrrole nitrogens is 1. The molecule has 3 rings (SSSR count). The number of ether oxygens (including phenoxy) is 2. The first-order valence-corrected chi connectivity index (χ1v) is 9.07. The van der Waals surface area contributed by atoms with E-state index >= 15 is 0 Å². The Balaban J connectivity index is 1.73. The van der Waals surface area contributed by atoms with Crippen molar-refractivity contribution in [2.45, 2.75) is 32.4 Å². The second-order valence-electron chi connectivity index (χ2n) is 6.75. The number of aromatic amines is 1. The highest BCUT2D eigenvalue weighted by Gasteiger charge is 2.24. The van der Waals surface area contributed by atoms with Crippen LogP contribution in [0, 0.1) is 0 Å². The molecule has 27 heavy (non-hydrogen) atoms. The molecule has 2 amide bonds. The molecule has 2 atom stereocenters. The first-order chi connectivity index (χ1) is 13.0. The number of nitrogens with zero attached hydrogens (tertiary/aromatic N) is 1. The van der Waals surface area contributed by atoms with E-state index in [1.54, 1.807) is 11.8 Å². The number of carbonyl (C=O) groups is 2. The van der Waals surface area contributed by atoms with Crippen molar-refractivity contribution in [2.24, 2.45) is 0 Å². The minimum Gasteiger partial charge on any atom is -0.479 e. The van der Waals surface area contributed by atoms with Crippen LogP contribution in [0.4, 0.5) is 4.79 Å². The van der Waals surface area contributed by atoms with Crippen LogP contribution in [0.2, 0.25) is 0 Å². The van der Waals surface area contributed by atoms with E-state index in [2.05, 4.69) is 10.3 Å². The standard InChI is InChI=1S/C19H25N3O5/c1-12(21-19(24)25)10-14-11-20-17-15(14)4-3-5-16(17)27-13(2)18(23)22-6-8-26-9-7-22/h3-5,11-13,20-21H,6-10H2,1-2H3,(H,24,25)/t12-,13-/m1/s1. The molecule has 8 heteroatoms. The van der Waals surface area contributed by atoms with Gasteiger partial charge in [0.1, 0.15) is 5.75 Å². The number of hydrogen-bond acceptors (Lipinski definition) is 4. The zero-order chi connectivity index (χ0) is 19.4. The highest BCUT2D eigenvalue weighted by molar-refractivity contribution is 5.89. The van der Waals surface area contributed by atoms with Gasteiger partial charge < -0.3 is 29.8 Å². The van der Waals surface area contributed by atoms with Crippen molar-refractivity contribution >= 4 is 22.9 Å². The number of para-hydroxylation sites is 1. The Kier molecular flexibility index (Phi) is 5.85. The van der Waals surface area contributed by atoms with Crippen molar-refractivity contribution in [3.63, 3.8) is 0 Å². The quantitative estimate of drug-likeness (QED) is 0.716. The van der Waals surface area contributed by atoms with Gasteiger partial charge in [-0.2, -0.15) is 0 Å². The number of carbonyl (C=O) groups excluding carboxylic acids is 1. The van der Waals surface area contributed by atoms with E-state index in [0.717, 1.165) is 16.5 Å². The number of morpholine rings is 1. The minimum atomic E-state index is -1.04. The van der Waals surface area contributed by atoms with E-state index in [9.17, 15) is 9.59 Å². The Hall–Kier alpha value is -2.74. The molecule has 0 unspecified atom stereocenters. The van der Waals surface area contributed by atoms with Crippen molar-refractivity contribution < 1.29 is 24.2 Å². The van der Waals surface area contributed by atoms with Crippen LogP contribution in [-0.4, -0.2) is 65.4 Å². The fourth-order valence-electron chi connectivity index (χ4n) is 3.33. The molecule has 146 valence electrons. The van der Waals surface area contributed by atoms with Crippen LogP contribution in [0.3, 0.4) is 0 Å². The van der Waals surface area contributed by atoms with Gasteiger partial charge in [-0.1, -0.05) is 12.1 Å². The first-order valence-electron chi connectivity index (χ1n) is 9.07. The summed E-state index contributed by atoms with van der Waals surface area (Å²) in [5.41, 5.74) is 1.79. The molecule has 0 aliphatic carbocycles. The van der Waals surface area contributed by atoms with Crippen molar-refractivity contribution in [1.82, 2.24) is 15.2 Å². The van der Waals surface area contributed by atoms with Crippen molar-refractivity contribution in [1.29, 1.82) is 0 Å². The predicted octanol–water partition coefficient (Wildman–Crippen LogP) is 1.99. The number of rotatable bonds is 6. The van der Waals surface area contributed by atoms with Gasteiger partial charge in [0.15, 0.2) is 6.10 Å². The zero-order valence-corrected chi connectivity index (χ0v) is 15.5. The lowest BCUT2D eigenvalue weighted by Crippen LogP contribution is -2.46. The van der Waals surface area contributed by atoms with E-state index in [1.807, 2.05) is 31.3 Å². The molecule has 2 heterocycles. The van der Waals surface area contributed by atoms with Crippen LogP contribution in [0.25, 0.3) is 10.9 Å². The lowest BCUT2D eigenvalue weighted by molar-refractivity contribution is -0.142. The van der Waals surface area contributed by atoms with E-state index < -0.39 is 12.2 Å². The number of carboxylic acid groups (broad SMARTS) is 1. The molecule has 1 aliphatic heterocycles. The van der Waals surface area contributed by atoms with Gasteiger partial charge in [0.2, 0.25) is 0 Å². The first kappa shape index (κ1) is 19.0. The van der Waals surface area contributed by atoms with Gasteiger partial charge in [-0.05, 0) is 31.9 Å². The fourth-order valence-corrected chi connectivity index (χ4v) is 3.33. The normalized spacial score (nSPS) is 16.7. The number of nitrogens with one attached hydrogen (secondary N) is 2. The largest absolute Gasteiger partial charge is 0.479 e. The molecule has 0 saturated carbocycles. The molecule has 1 aromatic carbocycles. The molecule has 3 N–H and O–H groups in total. The third-order valence-electron chi connectivity index (χ3n) is 4.63. The molecule has 1 fully saturated rings. The molecule has 2 aromatic rings. The van der Waals surface area contributed by atoms with Crippen LogP contribution in [-0.2, 0) is 16.0 Å². The molecule has 0 radical (unpaired) electrons. The molecule has 1 aliphatic rings. The number of benzene rings is 1. The monoisotopic (exact) mass is 375 g/mol. The van der Waals surface area contributed by atoms with Crippen LogP contribution in [0.5, 0.6) is 5.75 Å². The van der Waals surface area contributed by atoms with Crippen LogP contribution < -0.4 is 10.1 Å².